The molecule has 0 aromatic carbocycles. The molecule has 6 nitrogen and oxygen atoms in total. The molecule has 0 fully saturated rings. The van der Waals surface area contributed by atoms with E-state index in [-0.39, 0.29) is 17.4 Å². The van der Waals surface area contributed by atoms with E-state index in [9.17, 15) is 4.79 Å². The summed E-state index contributed by atoms with van der Waals surface area (Å²) < 4.78 is 10.7. The molecule has 0 aliphatic carbocycles. The second-order valence-corrected chi connectivity index (χ2v) is 6.72. The molecule has 0 saturated heterocycles. The zero-order valence-corrected chi connectivity index (χ0v) is 16.2. The fraction of sp³-hybridized carbons (Fsp3) is 0.611. The third-order valence-electron chi connectivity index (χ3n) is 2.86. The summed E-state index contributed by atoms with van der Waals surface area (Å²) in [4.78, 5) is 19.8. The summed E-state index contributed by atoms with van der Waals surface area (Å²) in [5.41, 5.74) is 0.165. The molecule has 1 rings (SSSR count). The van der Waals surface area contributed by atoms with Crippen LogP contribution in [0.5, 0.6) is 0 Å². The second kappa shape index (κ2) is 10.2. The van der Waals surface area contributed by atoms with Crippen molar-refractivity contribution in [2.75, 3.05) is 18.5 Å². The normalized spacial score (nSPS) is 12.1. The minimum Gasteiger partial charge on any atom is -0.460 e. The van der Waals surface area contributed by atoms with Gasteiger partial charge in [-0.25, -0.2) is 4.98 Å². The van der Waals surface area contributed by atoms with Crippen LogP contribution in [-0.2, 0) is 14.3 Å². The molecule has 0 saturated carbocycles. The number of halogens is 1. The summed E-state index contributed by atoms with van der Waals surface area (Å²) in [6.07, 6.45) is 2.32. The number of nitrogens with one attached hydrogen (secondary N) is 1. The van der Waals surface area contributed by atoms with Crippen LogP contribution >= 0.6 is 11.6 Å². The number of ether oxygens (including phenoxy) is 2. The standard InChI is InChI=1S/C18H26ClN3O3/c1-6-24-13(2)9-10-14-12-21-17(19)22-16(14)20-11-7-8-15(23)25-18(3,4)5/h12-13H,6-8,11H2,1-5H3,(H,20,21,22). The van der Waals surface area contributed by atoms with E-state index in [0.717, 1.165) is 0 Å². The van der Waals surface area contributed by atoms with Crippen LogP contribution in [0.4, 0.5) is 5.82 Å². The fourth-order valence-electron chi connectivity index (χ4n) is 1.89. The van der Waals surface area contributed by atoms with Crippen LogP contribution in [-0.4, -0.2) is 40.8 Å². The molecule has 138 valence electrons. The van der Waals surface area contributed by atoms with E-state index in [4.69, 9.17) is 21.1 Å². The van der Waals surface area contributed by atoms with Gasteiger partial charge in [-0.15, -0.1) is 0 Å². The molecule has 1 atom stereocenters. The van der Waals surface area contributed by atoms with E-state index in [1.807, 2.05) is 34.6 Å². The van der Waals surface area contributed by atoms with Gasteiger partial charge in [0.1, 0.15) is 17.5 Å². The van der Waals surface area contributed by atoms with E-state index < -0.39 is 5.60 Å². The average Bonchev–Trinajstić information content (AvgIpc) is 2.49. The van der Waals surface area contributed by atoms with Gasteiger partial charge in [-0.1, -0.05) is 11.8 Å². The first kappa shape index (κ1) is 21.2. The van der Waals surface area contributed by atoms with Gasteiger partial charge in [0.25, 0.3) is 0 Å². The average molecular weight is 368 g/mol. The first-order valence-electron chi connectivity index (χ1n) is 8.32. The summed E-state index contributed by atoms with van der Waals surface area (Å²) in [7, 11) is 0. The van der Waals surface area contributed by atoms with Crippen molar-refractivity contribution in [2.24, 2.45) is 0 Å². The number of carbonyl (C=O) groups is 1. The number of anilines is 1. The number of nitrogens with zero attached hydrogens (tertiary/aromatic N) is 2. The molecule has 1 N–H and O–H groups in total. The van der Waals surface area contributed by atoms with E-state index in [1.54, 1.807) is 6.20 Å². The Kier molecular flexibility index (Phi) is 8.67. The molecule has 0 aliphatic rings. The van der Waals surface area contributed by atoms with Gasteiger partial charge in [0.15, 0.2) is 0 Å². The topological polar surface area (TPSA) is 73.3 Å². The maximum atomic E-state index is 11.7. The van der Waals surface area contributed by atoms with Gasteiger partial charge < -0.3 is 14.8 Å². The Bertz CT molecular complexity index is 633. The summed E-state index contributed by atoms with van der Waals surface area (Å²) in [6.45, 7) is 10.5. The maximum Gasteiger partial charge on any atom is 0.306 e. The summed E-state index contributed by atoms with van der Waals surface area (Å²) >= 11 is 5.86. The monoisotopic (exact) mass is 367 g/mol. The second-order valence-electron chi connectivity index (χ2n) is 6.38. The number of hydrogen-bond donors (Lipinski definition) is 1. The predicted octanol–water partition coefficient (Wildman–Crippen LogP) is 3.44. The van der Waals surface area contributed by atoms with E-state index in [2.05, 4.69) is 27.1 Å². The Morgan fingerprint density at radius 1 is 1.44 bits per heavy atom. The van der Waals surface area contributed by atoms with Crippen molar-refractivity contribution in [1.29, 1.82) is 0 Å². The third kappa shape index (κ3) is 9.28. The van der Waals surface area contributed by atoms with Crippen molar-refractivity contribution in [3.05, 3.63) is 17.0 Å². The lowest BCUT2D eigenvalue weighted by Gasteiger charge is -2.19. The Morgan fingerprint density at radius 2 is 2.16 bits per heavy atom. The lowest BCUT2D eigenvalue weighted by molar-refractivity contribution is -0.154. The first-order valence-corrected chi connectivity index (χ1v) is 8.70. The summed E-state index contributed by atoms with van der Waals surface area (Å²) in [6, 6.07) is 0. The zero-order chi connectivity index (χ0) is 18.9. The fourth-order valence-corrected chi connectivity index (χ4v) is 2.02. The van der Waals surface area contributed by atoms with E-state index in [1.165, 1.54) is 0 Å². The Labute approximate surface area is 154 Å². The van der Waals surface area contributed by atoms with Crippen LogP contribution in [0, 0.1) is 11.8 Å². The summed E-state index contributed by atoms with van der Waals surface area (Å²) in [5.74, 6) is 6.30. The van der Waals surface area contributed by atoms with Crippen LogP contribution in [0.25, 0.3) is 0 Å². The van der Waals surface area contributed by atoms with Crippen molar-refractivity contribution in [1.82, 2.24) is 9.97 Å². The zero-order valence-electron chi connectivity index (χ0n) is 15.5. The Morgan fingerprint density at radius 3 is 2.80 bits per heavy atom. The molecular formula is C18H26ClN3O3. The summed E-state index contributed by atoms with van der Waals surface area (Å²) in [5, 5.41) is 3.28. The van der Waals surface area contributed by atoms with Gasteiger partial charge >= 0.3 is 5.97 Å². The van der Waals surface area contributed by atoms with Crippen molar-refractivity contribution in [3.63, 3.8) is 0 Å². The molecule has 1 aromatic heterocycles. The molecule has 0 radical (unpaired) electrons. The largest absolute Gasteiger partial charge is 0.460 e. The van der Waals surface area contributed by atoms with Crippen LogP contribution in [0.15, 0.2) is 6.20 Å². The highest BCUT2D eigenvalue weighted by atomic mass is 35.5. The Balaban J connectivity index is 2.60. The lowest BCUT2D eigenvalue weighted by Crippen LogP contribution is -2.24. The van der Waals surface area contributed by atoms with Crippen molar-refractivity contribution in [2.45, 2.75) is 59.2 Å². The highest BCUT2D eigenvalue weighted by molar-refractivity contribution is 6.28. The van der Waals surface area contributed by atoms with E-state index in [0.29, 0.717) is 37.4 Å². The molecule has 1 heterocycles. The molecule has 1 unspecified atom stereocenters. The molecule has 7 heteroatoms. The van der Waals surface area contributed by atoms with Crippen LogP contribution in [0.1, 0.15) is 53.0 Å². The van der Waals surface area contributed by atoms with Gasteiger partial charge in [0.05, 0.1) is 5.56 Å². The molecule has 0 spiro atoms. The van der Waals surface area contributed by atoms with Crippen molar-refractivity contribution in [3.8, 4) is 11.8 Å². The quantitative estimate of drug-likeness (QED) is 0.344. The minimum atomic E-state index is -0.468. The smallest absolute Gasteiger partial charge is 0.306 e. The van der Waals surface area contributed by atoms with Gasteiger partial charge in [0, 0.05) is 25.8 Å². The molecular weight excluding hydrogens is 342 g/mol. The highest BCUT2D eigenvalue weighted by Gasteiger charge is 2.15. The van der Waals surface area contributed by atoms with Crippen LogP contribution < -0.4 is 5.32 Å². The third-order valence-corrected chi connectivity index (χ3v) is 3.04. The molecule has 0 aliphatic heterocycles. The van der Waals surface area contributed by atoms with Gasteiger partial charge in [0.2, 0.25) is 5.28 Å². The molecule has 0 bridgehead atoms. The number of rotatable bonds is 7. The van der Waals surface area contributed by atoms with Crippen LogP contribution in [0.3, 0.4) is 0 Å². The molecule has 1 aromatic rings. The SMILES string of the molecule is CCOC(C)C#Cc1cnc(Cl)nc1NCCCC(=O)OC(C)(C)C. The van der Waals surface area contributed by atoms with Crippen molar-refractivity contribution < 1.29 is 14.3 Å². The predicted molar refractivity (Wildman–Crippen MR) is 98.6 cm³/mol. The first-order chi connectivity index (χ1) is 11.7. The number of aromatic nitrogens is 2. The van der Waals surface area contributed by atoms with Gasteiger partial charge in [-0.3, -0.25) is 4.79 Å². The highest BCUT2D eigenvalue weighted by Crippen LogP contribution is 2.14. The molecule has 0 amide bonds. The Hall–Kier alpha value is -1.84. The lowest BCUT2D eigenvalue weighted by atomic mass is 10.2. The van der Waals surface area contributed by atoms with Gasteiger partial charge in [-0.2, -0.15) is 4.98 Å². The molecule has 25 heavy (non-hydrogen) atoms. The van der Waals surface area contributed by atoms with E-state index >= 15 is 0 Å². The number of hydrogen-bond acceptors (Lipinski definition) is 6. The van der Waals surface area contributed by atoms with Crippen molar-refractivity contribution >= 4 is 23.4 Å². The number of esters is 1. The minimum absolute atomic E-state index is 0.137. The van der Waals surface area contributed by atoms with Crippen LogP contribution in [0.2, 0.25) is 5.28 Å². The number of carbonyl (C=O) groups excluding carboxylic acids is 1. The van der Waals surface area contributed by atoms with Gasteiger partial charge in [-0.05, 0) is 52.6 Å². The maximum absolute atomic E-state index is 11.7.